The molecule has 0 unspecified atom stereocenters. The van der Waals surface area contributed by atoms with E-state index < -0.39 is 21.5 Å². The lowest BCUT2D eigenvalue weighted by atomic mass is 10.2. The molecule has 0 aliphatic rings. The molecule has 0 saturated carbocycles. The molecule has 2 nitrogen and oxygen atoms in total. The first-order valence-electron chi connectivity index (χ1n) is 4.72. The van der Waals surface area contributed by atoms with Gasteiger partial charge in [-0.1, -0.05) is 23.7 Å². The van der Waals surface area contributed by atoms with Crippen molar-refractivity contribution in [2.75, 3.05) is 0 Å². The van der Waals surface area contributed by atoms with Crippen LogP contribution in [-0.4, -0.2) is 15.2 Å². The highest BCUT2D eigenvalue weighted by Gasteiger charge is 2.18. The molecule has 0 aromatic heterocycles. The second-order valence-corrected chi connectivity index (χ2v) is 6.55. The molecule has 0 spiro atoms. The van der Waals surface area contributed by atoms with Gasteiger partial charge in [0, 0.05) is 11.8 Å². The second-order valence-electron chi connectivity index (χ2n) is 4.24. The van der Waals surface area contributed by atoms with Gasteiger partial charge in [0.1, 0.15) is 16.8 Å². The van der Waals surface area contributed by atoms with Crippen LogP contribution in [0.3, 0.4) is 0 Å². The van der Waals surface area contributed by atoms with Crippen molar-refractivity contribution < 1.29 is 8.60 Å². The normalized spacial score (nSPS) is 14.3. The Morgan fingerprint density at radius 1 is 1.44 bits per heavy atom. The zero-order chi connectivity index (χ0) is 12.3. The number of halogens is 2. The van der Waals surface area contributed by atoms with Crippen LogP contribution in [0.25, 0.3) is 0 Å². The van der Waals surface area contributed by atoms with Crippen molar-refractivity contribution in [3.63, 3.8) is 0 Å². The fourth-order valence-electron chi connectivity index (χ4n) is 0.883. The fraction of sp³-hybridized carbons (Fsp3) is 0.364. The lowest BCUT2D eigenvalue weighted by Gasteiger charge is -2.12. The summed E-state index contributed by atoms with van der Waals surface area (Å²) in [5.74, 6) is -0.507. The number of hydrogen-bond acceptors (Lipinski definition) is 1. The molecule has 1 atom stereocenters. The summed E-state index contributed by atoms with van der Waals surface area (Å²) >= 11 is 5.73. The third-order valence-electron chi connectivity index (χ3n) is 1.79. The first-order chi connectivity index (χ1) is 7.32. The Bertz CT molecular complexity index is 440. The molecule has 0 heterocycles. The van der Waals surface area contributed by atoms with Gasteiger partial charge >= 0.3 is 0 Å². The minimum absolute atomic E-state index is 0.00263. The van der Waals surface area contributed by atoms with Crippen molar-refractivity contribution in [2.45, 2.75) is 25.5 Å². The molecule has 0 aliphatic carbocycles. The quantitative estimate of drug-likeness (QED) is 0.751. The van der Waals surface area contributed by atoms with Crippen molar-refractivity contribution in [2.24, 2.45) is 4.40 Å². The molecule has 1 aromatic rings. The van der Waals surface area contributed by atoms with E-state index in [1.807, 2.05) is 20.8 Å². The van der Waals surface area contributed by atoms with Crippen molar-refractivity contribution in [1.82, 2.24) is 0 Å². The zero-order valence-corrected chi connectivity index (χ0v) is 10.9. The van der Waals surface area contributed by atoms with Gasteiger partial charge in [-0.05, 0) is 26.8 Å². The first kappa shape index (κ1) is 13.3. The number of hydrogen-bond donors (Lipinski definition) is 0. The van der Waals surface area contributed by atoms with E-state index in [-0.39, 0.29) is 5.02 Å². The highest BCUT2D eigenvalue weighted by Crippen LogP contribution is 2.19. The molecule has 88 valence electrons. The smallest absolute Gasteiger partial charge is 0.144 e. The summed E-state index contributed by atoms with van der Waals surface area (Å²) in [6.45, 7) is 5.44. The van der Waals surface area contributed by atoms with Crippen LogP contribution < -0.4 is 0 Å². The van der Waals surface area contributed by atoms with Gasteiger partial charge in [0.05, 0.1) is 9.77 Å². The topological polar surface area (TPSA) is 29.4 Å². The van der Waals surface area contributed by atoms with Gasteiger partial charge in [-0.15, -0.1) is 0 Å². The van der Waals surface area contributed by atoms with Gasteiger partial charge in [-0.3, -0.25) is 0 Å². The summed E-state index contributed by atoms with van der Waals surface area (Å²) in [5, 5.41) is -0.00263. The van der Waals surface area contributed by atoms with Crippen LogP contribution in [0, 0.1) is 5.82 Å². The molecule has 16 heavy (non-hydrogen) atoms. The molecular weight excluding hydrogens is 249 g/mol. The van der Waals surface area contributed by atoms with Gasteiger partial charge in [0.25, 0.3) is 0 Å². The Morgan fingerprint density at radius 3 is 2.62 bits per heavy atom. The maximum absolute atomic E-state index is 13.1. The zero-order valence-electron chi connectivity index (χ0n) is 9.33. The third-order valence-corrected chi connectivity index (χ3v) is 3.54. The van der Waals surface area contributed by atoms with Crippen LogP contribution in [0.15, 0.2) is 22.6 Å². The average molecular weight is 262 g/mol. The highest BCUT2D eigenvalue weighted by atomic mass is 35.5. The minimum atomic E-state index is -1.36. The Morgan fingerprint density at radius 2 is 2.06 bits per heavy atom. The number of nitrogens with zero attached hydrogens (tertiary/aromatic N) is 1. The second kappa shape index (κ2) is 5.06. The molecule has 0 radical (unpaired) electrons. The highest BCUT2D eigenvalue weighted by molar-refractivity contribution is 7.85. The standard InChI is InChI=1S/C11H13ClFNOS/c1-11(2,3)16(15)14-7-8-5-4-6-9(13)10(8)12/h4-7H,1-3H3/b14-7+/t16-/m1/s1. The molecule has 5 heteroatoms. The van der Waals surface area contributed by atoms with Gasteiger partial charge < -0.3 is 0 Å². The van der Waals surface area contributed by atoms with Gasteiger partial charge in [0.2, 0.25) is 0 Å². The van der Waals surface area contributed by atoms with Gasteiger partial charge in [-0.2, -0.15) is 4.40 Å². The van der Waals surface area contributed by atoms with Crippen LogP contribution in [0.2, 0.25) is 5.02 Å². The largest absolute Gasteiger partial charge is 0.234 e. The van der Waals surface area contributed by atoms with Crippen molar-refractivity contribution >= 4 is 28.8 Å². The van der Waals surface area contributed by atoms with Crippen LogP contribution >= 0.6 is 11.6 Å². The Kier molecular flexibility index (Phi) is 4.21. The van der Waals surface area contributed by atoms with Gasteiger partial charge in [-0.25, -0.2) is 8.60 Å². The Labute approximate surface area is 102 Å². The van der Waals surface area contributed by atoms with Crippen molar-refractivity contribution in [3.05, 3.63) is 34.6 Å². The van der Waals surface area contributed by atoms with E-state index in [1.165, 1.54) is 18.3 Å². The predicted molar refractivity (Wildman–Crippen MR) is 66.9 cm³/mol. The predicted octanol–water partition coefficient (Wildman–Crippen LogP) is 3.36. The lowest BCUT2D eigenvalue weighted by Crippen LogP contribution is -2.19. The first-order valence-corrected chi connectivity index (χ1v) is 6.21. The SMILES string of the molecule is CC(C)(C)[S@@](=O)/N=C/c1cccc(F)c1Cl. The Hall–Kier alpha value is -0.740. The lowest BCUT2D eigenvalue weighted by molar-refractivity contribution is 0.628. The monoisotopic (exact) mass is 261 g/mol. The summed E-state index contributed by atoms with van der Waals surface area (Å²) in [7, 11) is -1.36. The molecule has 1 aromatic carbocycles. The molecule has 0 aliphatic heterocycles. The van der Waals surface area contributed by atoms with E-state index in [0.717, 1.165) is 0 Å². The summed E-state index contributed by atoms with van der Waals surface area (Å²) in [5.41, 5.74) is 0.430. The molecular formula is C11H13ClFNOS. The maximum Gasteiger partial charge on any atom is 0.144 e. The molecule has 0 bridgehead atoms. The van der Waals surface area contributed by atoms with E-state index in [0.29, 0.717) is 5.56 Å². The minimum Gasteiger partial charge on any atom is -0.234 e. The molecule has 0 saturated heterocycles. The summed E-state index contributed by atoms with van der Waals surface area (Å²) in [6.07, 6.45) is 1.34. The maximum atomic E-state index is 13.1. The summed E-state index contributed by atoms with van der Waals surface area (Å²) < 4.78 is 28.1. The van der Waals surface area contributed by atoms with Crippen LogP contribution in [0.4, 0.5) is 4.39 Å². The van der Waals surface area contributed by atoms with E-state index in [4.69, 9.17) is 11.6 Å². The van der Waals surface area contributed by atoms with Gasteiger partial charge in [0.15, 0.2) is 0 Å². The number of benzene rings is 1. The average Bonchev–Trinajstić information content (AvgIpc) is 2.18. The van der Waals surface area contributed by atoms with Crippen LogP contribution in [-0.2, 0) is 11.0 Å². The van der Waals surface area contributed by atoms with Crippen LogP contribution in [0.1, 0.15) is 26.3 Å². The Balaban J connectivity index is 2.94. The molecule has 0 N–H and O–H groups in total. The van der Waals surface area contributed by atoms with Crippen molar-refractivity contribution in [3.8, 4) is 0 Å². The summed E-state index contributed by atoms with van der Waals surface area (Å²) in [6, 6.07) is 4.41. The van der Waals surface area contributed by atoms with E-state index in [1.54, 1.807) is 6.07 Å². The third kappa shape index (κ3) is 3.39. The van der Waals surface area contributed by atoms with E-state index in [9.17, 15) is 8.60 Å². The summed E-state index contributed by atoms with van der Waals surface area (Å²) in [4.78, 5) is 0. The van der Waals surface area contributed by atoms with E-state index in [2.05, 4.69) is 4.40 Å². The number of rotatable bonds is 2. The van der Waals surface area contributed by atoms with Crippen molar-refractivity contribution in [1.29, 1.82) is 0 Å². The molecule has 0 amide bonds. The fourth-order valence-corrected chi connectivity index (χ4v) is 1.58. The molecule has 1 rings (SSSR count). The molecule has 0 fully saturated rings. The van der Waals surface area contributed by atoms with Crippen LogP contribution in [0.5, 0.6) is 0 Å². The van der Waals surface area contributed by atoms with E-state index >= 15 is 0 Å².